The summed E-state index contributed by atoms with van der Waals surface area (Å²) < 4.78 is 16.9. The first-order valence-electron chi connectivity index (χ1n) is 33.8. The zero-order chi connectivity index (χ0) is 59.2. The van der Waals surface area contributed by atoms with Crippen molar-refractivity contribution in [2.75, 3.05) is 13.2 Å². The standard InChI is InChI=1S/C76H124O6/c1-4-7-10-13-16-19-22-25-28-31-34-36-37-38-39-41-42-45-48-51-54-57-60-63-66-69-75(78)81-72-73(71-80-74(77)68-65-62-59-56-53-50-47-44-33-30-27-24-21-18-15-12-9-6-3)82-76(79)70-67-64-61-58-55-52-49-46-43-40-35-32-29-26-23-20-17-14-11-8-5-2/h7-8,10-11,16-17,19-20,25-26,28-30,33-36,38-40,46,49,55,58,73H,4-6,9,12-15,18,21-24,27,31-32,37,41-45,47-48,50-54,56-57,59-72H2,1-3H3/b10-7-,11-8-,19-16-,20-17-,28-25-,29-26-,33-30-,36-34-,39-38-,40-35-,49-46-,58-55-. The van der Waals surface area contributed by atoms with Gasteiger partial charge in [-0.25, -0.2) is 0 Å². The molecule has 1 unspecified atom stereocenters. The fourth-order valence-corrected chi connectivity index (χ4v) is 9.06. The van der Waals surface area contributed by atoms with Gasteiger partial charge in [-0.3, -0.25) is 14.4 Å². The molecule has 6 nitrogen and oxygen atoms in total. The van der Waals surface area contributed by atoms with Crippen LogP contribution in [-0.4, -0.2) is 37.2 Å². The highest BCUT2D eigenvalue weighted by Gasteiger charge is 2.19. The van der Waals surface area contributed by atoms with Crippen molar-refractivity contribution < 1.29 is 28.6 Å². The van der Waals surface area contributed by atoms with E-state index in [0.29, 0.717) is 19.3 Å². The van der Waals surface area contributed by atoms with Crippen molar-refractivity contribution in [3.63, 3.8) is 0 Å². The van der Waals surface area contributed by atoms with Gasteiger partial charge in [-0.15, -0.1) is 0 Å². The van der Waals surface area contributed by atoms with Gasteiger partial charge in [-0.05, 0) is 141 Å². The fraction of sp³-hybridized carbons (Fsp3) is 0.645. The third-order valence-electron chi connectivity index (χ3n) is 14.1. The smallest absolute Gasteiger partial charge is 0.306 e. The first-order valence-corrected chi connectivity index (χ1v) is 33.8. The molecule has 0 spiro atoms. The Morgan fingerprint density at radius 2 is 0.476 bits per heavy atom. The average molecular weight is 1130 g/mol. The Hall–Kier alpha value is -4.71. The van der Waals surface area contributed by atoms with Gasteiger partial charge in [0.15, 0.2) is 6.10 Å². The van der Waals surface area contributed by atoms with Crippen molar-refractivity contribution in [1.82, 2.24) is 0 Å². The van der Waals surface area contributed by atoms with E-state index in [1.807, 2.05) is 0 Å². The summed E-state index contributed by atoms with van der Waals surface area (Å²) in [5.74, 6) is -0.954. The molecule has 0 bridgehead atoms. The summed E-state index contributed by atoms with van der Waals surface area (Å²) in [7, 11) is 0. The lowest BCUT2D eigenvalue weighted by Crippen LogP contribution is -2.30. The Morgan fingerprint density at radius 1 is 0.256 bits per heavy atom. The number of rotatable bonds is 60. The van der Waals surface area contributed by atoms with Crippen LogP contribution in [0.3, 0.4) is 0 Å². The number of esters is 3. The topological polar surface area (TPSA) is 78.9 Å². The Balaban J connectivity index is 4.48. The predicted octanol–water partition coefficient (Wildman–Crippen LogP) is 23.5. The normalized spacial score (nSPS) is 13.1. The first-order chi connectivity index (χ1) is 40.5. The van der Waals surface area contributed by atoms with E-state index in [9.17, 15) is 14.4 Å². The molecule has 1 atom stereocenters. The lowest BCUT2D eigenvalue weighted by Gasteiger charge is -2.18. The molecule has 0 aromatic rings. The quantitative estimate of drug-likeness (QED) is 0.0261. The molecule has 0 saturated carbocycles. The van der Waals surface area contributed by atoms with Gasteiger partial charge in [0.1, 0.15) is 13.2 Å². The molecule has 0 aliphatic rings. The number of carbonyl (C=O) groups is 3. The summed E-state index contributed by atoms with van der Waals surface area (Å²) in [5.41, 5.74) is 0. The minimum absolute atomic E-state index is 0.104. The summed E-state index contributed by atoms with van der Waals surface area (Å²) >= 11 is 0. The SMILES string of the molecule is CC/C=C\C/C=C\C/C=C\C/C=C\C/C=C\C/C=C\CCCCC(=O)OC(COC(=O)CCCCCCCCC/C=C\CCCCCCCCC)COC(=O)CCCCCCCCCCC/C=C\C/C=C\C/C=C\C/C=C\C/C=C\CC. The van der Waals surface area contributed by atoms with Crippen LogP contribution >= 0.6 is 0 Å². The fourth-order valence-electron chi connectivity index (χ4n) is 9.06. The van der Waals surface area contributed by atoms with Gasteiger partial charge in [0.05, 0.1) is 0 Å². The first kappa shape index (κ1) is 77.3. The van der Waals surface area contributed by atoms with E-state index in [-0.39, 0.29) is 37.5 Å². The Kier molecular flexibility index (Phi) is 64.8. The molecule has 0 heterocycles. The second-order valence-electron chi connectivity index (χ2n) is 22.0. The van der Waals surface area contributed by atoms with Gasteiger partial charge >= 0.3 is 17.9 Å². The monoisotopic (exact) mass is 1130 g/mol. The van der Waals surface area contributed by atoms with Crippen LogP contribution in [0.2, 0.25) is 0 Å². The summed E-state index contributed by atoms with van der Waals surface area (Å²) in [6.45, 7) is 6.38. The highest BCUT2D eigenvalue weighted by Crippen LogP contribution is 2.15. The molecule has 0 radical (unpaired) electrons. The number of hydrogen-bond acceptors (Lipinski definition) is 6. The Morgan fingerprint density at radius 3 is 0.780 bits per heavy atom. The zero-order valence-electron chi connectivity index (χ0n) is 53.2. The molecule has 0 aliphatic heterocycles. The molecule has 0 aromatic carbocycles. The van der Waals surface area contributed by atoms with Crippen molar-refractivity contribution in [1.29, 1.82) is 0 Å². The molecule has 464 valence electrons. The Bertz CT molecular complexity index is 1780. The van der Waals surface area contributed by atoms with Gasteiger partial charge in [-0.1, -0.05) is 282 Å². The Labute approximate surface area is 506 Å². The molecule has 0 aliphatic carbocycles. The second kappa shape index (κ2) is 68.8. The van der Waals surface area contributed by atoms with Crippen LogP contribution in [-0.2, 0) is 28.6 Å². The van der Waals surface area contributed by atoms with Crippen LogP contribution in [0.15, 0.2) is 146 Å². The molecule has 0 fully saturated rings. The molecule has 82 heavy (non-hydrogen) atoms. The van der Waals surface area contributed by atoms with Crippen LogP contribution in [0.4, 0.5) is 0 Å². The minimum Gasteiger partial charge on any atom is -0.462 e. The molecule has 6 heteroatoms. The number of carbonyl (C=O) groups excluding carboxylic acids is 3. The molecule has 0 amide bonds. The number of hydrogen-bond donors (Lipinski definition) is 0. The maximum absolute atomic E-state index is 12.9. The van der Waals surface area contributed by atoms with E-state index in [1.54, 1.807) is 0 Å². The van der Waals surface area contributed by atoms with Gasteiger partial charge < -0.3 is 14.2 Å². The van der Waals surface area contributed by atoms with Crippen molar-refractivity contribution in [3.05, 3.63) is 146 Å². The lowest BCUT2D eigenvalue weighted by atomic mass is 10.1. The average Bonchev–Trinajstić information content (AvgIpc) is 3.47. The molecular formula is C76H124O6. The summed E-state index contributed by atoms with van der Waals surface area (Å²) in [5, 5.41) is 0. The number of allylic oxidation sites excluding steroid dienone is 24. The van der Waals surface area contributed by atoms with Crippen LogP contribution < -0.4 is 0 Å². The second-order valence-corrected chi connectivity index (χ2v) is 22.0. The van der Waals surface area contributed by atoms with Crippen molar-refractivity contribution >= 4 is 17.9 Å². The molecule has 0 saturated heterocycles. The minimum atomic E-state index is -0.814. The van der Waals surface area contributed by atoms with Crippen LogP contribution in [0, 0.1) is 0 Å². The van der Waals surface area contributed by atoms with E-state index in [0.717, 1.165) is 128 Å². The predicted molar refractivity (Wildman–Crippen MR) is 357 cm³/mol. The summed E-state index contributed by atoms with van der Waals surface area (Å²) in [6, 6.07) is 0. The molecule has 0 N–H and O–H groups in total. The van der Waals surface area contributed by atoms with E-state index in [2.05, 4.69) is 167 Å². The van der Waals surface area contributed by atoms with Crippen molar-refractivity contribution in [2.45, 2.75) is 303 Å². The maximum Gasteiger partial charge on any atom is 0.306 e. The number of ether oxygens (including phenoxy) is 3. The number of unbranched alkanes of at least 4 members (excludes halogenated alkanes) is 25. The molecule has 0 aromatic heterocycles. The van der Waals surface area contributed by atoms with Crippen LogP contribution in [0.1, 0.15) is 297 Å². The van der Waals surface area contributed by atoms with Gasteiger partial charge in [0.2, 0.25) is 0 Å². The molecular weight excluding hydrogens is 1010 g/mol. The van der Waals surface area contributed by atoms with Crippen molar-refractivity contribution in [2.24, 2.45) is 0 Å². The largest absolute Gasteiger partial charge is 0.462 e. The lowest BCUT2D eigenvalue weighted by molar-refractivity contribution is -0.167. The van der Waals surface area contributed by atoms with E-state index < -0.39 is 6.10 Å². The summed E-state index contributed by atoms with van der Waals surface area (Å²) in [6.07, 6.45) is 98.5. The highest BCUT2D eigenvalue weighted by atomic mass is 16.6. The van der Waals surface area contributed by atoms with Gasteiger partial charge in [0.25, 0.3) is 0 Å². The molecule has 0 rings (SSSR count). The van der Waals surface area contributed by atoms with E-state index in [4.69, 9.17) is 14.2 Å². The van der Waals surface area contributed by atoms with Crippen molar-refractivity contribution in [3.8, 4) is 0 Å². The van der Waals surface area contributed by atoms with Gasteiger partial charge in [-0.2, -0.15) is 0 Å². The van der Waals surface area contributed by atoms with Gasteiger partial charge in [0, 0.05) is 19.3 Å². The van der Waals surface area contributed by atoms with E-state index >= 15 is 0 Å². The summed E-state index contributed by atoms with van der Waals surface area (Å²) in [4.78, 5) is 38.4. The maximum atomic E-state index is 12.9. The van der Waals surface area contributed by atoms with Crippen LogP contribution in [0.25, 0.3) is 0 Å². The van der Waals surface area contributed by atoms with E-state index in [1.165, 1.54) is 122 Å². The third kappa shape index (κ3) is 66.1. The highest BCUT2D eigenvalue weighted by molar-refractivity contribution is 5.71. The third-order valence-corrected chi connectivity index (χ3v) is 14.1. The zero-order valence-corrected chi connectivity index (χ0v) is 53.2. The van der Waals surface area contributed by atoms with Crippen LogP contribution in [0.5, 0.6) is 0 Å².